The van der Waals surface area contributed by atoms with Crippen molar-refractivity contribution in [3.63, 3.8) is 0 Å². The number of rotatable bonds is 6. The van der Waals surface area contributed by atoms with Gasteiger partial charge in [-0.2, -0.15) is 0 Å². The first kappa shape index (κ1) is 17.6. The fourth-order valence-corrected chi connectivity index (χ4v) is 4.09. The lowest BCUT2D eigenvalue weighted by atomic mass is 10.1. The minimum Gasteiger partial charge on any atom is -0.492 e. The summed E-state index contributed by atoms with van der Waals surface area (Å²) in [5, 5.41) is 3.54. The number of carbonyl (C=O) groups excluding carboxylic acids is 1. The van der Waals surface area contributed by atoms with E-state index in [0.29, 0.717) is 34.6 Å². The molecule has 0 fully saturated rings. The lowest BCUT2D eigenvalue weighted by molar-refractivity contribution is 0.0950. The predicted octanol–water partition coefficient (Wildman–Crippen LogP) is 3.21. The molecule has 2 heterocycles. The van der Waals surface area contributed by atoms with Gasteiger partial charge in [0.2, 0.25) is 0 Å². The molecular weight excluding hydrogens is 360 g/mol. The second-order valence-electron chi connectivity index (χ2n) is 6.39. The molecular formula is C20H20N4O2S. The molecule has 0 radical (unpaired) electrons. The van der Waals surface area contributed by atoms with Gasteiger partial charge in [-0.25, -0.2) is 15.0 Å². The van der Waals surface area contributed by atoms with Crippen LogP contribution in [0.25, 0.3) is 10.8 Å². The van der Waals surface area contributed by atoms with E-state index in [1.54, 1.807) is 18.5 Å². The highest BCUT2D eigenvalue weighted by atomic mass is 32.1. The zero-order valence-corrected chi connectivity index (χ0v) is 15.9. The molecule has 1 N–H and O–H groups in total. The van der Waals surface area contributed by atoms with Gasteiger partial charge in [0.15, 0.2) is 10.8 Å². The molecule has 0 aliphatic heterocycles. The van der Waals surface area contributed by atoms with Crippen LogP contribution < -0.4 is 10.1 Å². The van der Waals surface area contributed by atoms with E-state index >= 15 is 0 Å². The van der Waals surface area contributed by atoms with Gasteiger partial charge in [-0.1, -0.05) is 6.07 Å². The lowest BCUT2D eigenvalue weighted by Gasteiger charge is -2.09. The van der Waals surface area contributed by atoms with Crippen molar-refractivity contribution in [2.45, 2.75) is 26.2 Å². The summed E-state index contributed by atoms with van der Waals surface area (Å²) in [6.45, 7) is 2.68. The van der Waals surface area contributed by atoms with Crippen LogP contribution in [-0.2, 0) is 12.8 Å². The van der Waals surface area contributed by atoms with Crippen LogP contribution in [0.5, 0.6) is 5.75 Å². The van der Waals surface area contributed by atoms with Crippen LogP contribution in [0, 0.1) is 6.92 Å². The van der Waals surface area contributed by atoms with E-state index in [-0.39, 0.29) is 5.91 Å². The summed E-state index contributed by atoms with van der Waals surface area (Å²) in [6, 6.07) is 8.01. The van der Waals surface area contributed by atoms with Crippen molar-refractivity contribution in [2.24, 2.45) is 0 Å². The second kappa shape index (κ2) is 7.84. The molecule has 27 heavy (non-hydrogen) atoms. The molecule has 0 saturated heterocycles. The van der Waals surface area contributed by atoms with E-state index in [1.165, 1.54) is 28.9 Å². The van der Waals surface area contributed by atoms with Crippen molar-refractivity contribution < 1.29 is 9.53 Å². The molecule has 0 atom stereocenters. The highest BCUT2D eigenvalue weighted by molar-refractivity contribution is 7.17. The maximum atomic E-state index is 12.4. The SMILES string of the molecule is Cc1nc(-c2ncccn2)sc1C(=O)NCCOc1ccc2c(c1)CCC2. The zero-order chi connectivity index (χ0) is 18.6. The average molecular weight is 380 g/mol. The third kappa shape index (κ3) is 3.98. The number of nitrogens with zero attached hydrogens (tertiary/aromatic N) is 3. The van der Waals surface area contributed by atoms with Gasteiger partial charge < -0.3 is 10.1 Å². The first-order valence-electron chi connectivity index (χ1n) is 8.98. The van der Waals surface area contributed by atoms with Crippen molar-refractivity contribution in [1.82, 2.24) is 20.3 Å². The van der Waals surface area contributed by atoms with Crippen LogP contribution in [0.4, 0.5) is 0 Å². The summed E-state index contributed by atoms with van der Waals surface area (Å²) in [7, 11) is 0. The number of hydrogen-bond acceptors (Lipinski definition) is 6. The Labute approximate surface area is 161 Å². The van der Waals surface area contributed by atoms with Crippen molar-refractivity contribution >= 4 is 17.2 Å². The summed E-state index contributed by atoms with van der Waals surface area (Å²) in [5.41, 5.74) is 3.49. The molecule has 4 rings (SSSR count). The summed E-state index contributed by atoms with van der Waals surface area (Å²) in [5.74, 6) is 1.25. The minimum absolute atomic E-state index is 0.148. The molecule has 0 bridgehead atoms. The molecule has 2 aromatic heterocycles. The smallest absolute Gasteiger partial charge is 0.263 e. The number of benzene rings is 1. The first-order valence-corrected chi connectivity index (χ1v) is 9.80. The molecule has 0 spiro atoms. The quantitative estimate of drug-likeness (QED) is 0.665. The zero-order valence-electron chi connectivity index (χ0n) is 15.1. The normalized spacial score (nSPS) is 12.6. The number of thiazole rings is 1. The average Bonchev–Trinajstić information content (AvgIpc) is 3.32. The summed E-state index contributed by atoms with van der Waals surface area (Å²) < 4.78 is 5.78. The summed E-state index contributed by atoms with van der Waals surface area (Å²) in [4.78, 5) is 25.8. The van der Waals surface area contributed by atoms with Crippen LogP contribution in [-0.4, -0.2) is 34.0 Å². The molecule has 7 heteroatoms. The van der Waals surface area contributed by atoms with Gasteiger partial charge in [0.05, 0.1) is 12.2 Å². The minimum atomic E-state index is -0.148. The third-order valence-electron chi connectivity index (χ3n) is 4.49. The second-order valence-corrected chi connectivity index (χ2v) is 7.39. The molecule has 1 aliphatic carbocycles. The summed E-state index contributed by atoms with van der Waals surface area (Å²) >= 11 is 1.30. The Morgan fingerprint density at radius 3 is 2.89 bits per heavy atom. The predicted molar refractivity (Wildman–Crippen MR) is 104 cm³/mol. The fourth-order valence-electron chi connectivity index (χ4n) is 3.16. The van der Waals surface area contributed by atoms with Gasteiger partial charge in [0.25, 0.3) is 5.91 Å². The van der Waals surface area contributed by atoms with Crippen molar-refractivity contribution in [2.75, 3.05) is 13.2 Å². The first-order chi connectivity index (χ1) is 13.2. The Morgan fingerprint density at radius 2 is 2.04 bits per heavy atom. The van der Waals surface area contributed by atoms with Crippen LogP contribution in [0.1, 0.15) is 32.9 Å². The highest BCUT2D eigenvalue weighted by Gasteiger charge is 2.17. The maximum Gasteiger partial charge on any atom is 0.263 e. The summed E-state index contributed by atoms with van der Waals surface area (Å²) in [6.07, 6.45) is 6.83. The van der Waals surface area contributed by atoms with Gasteiger partial charge in [0.1, 0.15) is 17.2 Å². The molecule has 6 nitrogen and oxygen atoms in total. The number of carbonyl (C=O) groups is 1. The Hall–Kier alpha value is -2.80. The number of aryl methyl sites for hydroxylation is 3. The van der Waals surface area contributed by atoms with E-state index in [2.05, 4.69) is 32.4 Å². The lowest BCUT2D eigenvalue weighted by Crippen LogP contribution is -2.27. The van der Waals surface area contributed by atoms with Gasteiger partial charge >= 0.3 is 0 Å². The van der Waals surface area contributed by atoms with Crippen LogP contribution in [0.3, 0.4) is 0 Å². The number of hydrogen-bond donors (Lipinski definition) is 1. The van der Waals surface area contributed by atoms with Gasteiger partial charge in [-0.3, -0.25) is 4.79 Å². The van der Waals surface area contributed by atoms with E-state index in [9.17, 15) is 4.79 Å². The fraction of sp³-hybridized carbons (Fsp3) is 0.300. The molecule has 1 aliphatic rings. The maximum absolute atomic E-state index is 12.4. The number of ether oxygens (including phenoxy) is 1. The standard InChI is InChI=1S/C20H20N4O2S/c1-13-17(27-20(24-13)18-21-8-3-9-22-18)19(25)23-10-11-26-16-7-6-14-4-2-5-15(14)12-16/h3,6-9,12H,2,4-5,10-11H2,1H3,(H,23,25). The van der Waals surface area contributed by atoms with E-state index < -0.39 is 0 Å². The van der Waals surface area contributed by atoms with Gasteiger partial charge in [-0.15, -0.1) is 11.3 Å². The van der Waals surface area contributed by atoms with Gasteiger partial charge in [0, 0.05) is 12.4 Å². The Balaban J connectivity index is 1.31. The molecule has 3 aromatic rings. The van der Waals surface area contributed by atoms with Crippen LogP contribution in [0.15, 0.2) is 36.7 Å². The van der Waals surface area contributed by atoms with E-state index in [4.69, 9.17) is 4.74 Å². The topological polar surface area (TPSA) is 77.0 Å². The van der Waals surface area contributed by atoms with Crippen molar-refractivity contribution in [3.05, 3.63) is 58.4 Å². The third-order valence-corrected chi connectivity index (χ3v) is 5.64. The molecule has 1 amide bonds. The number of amides is 1. The Morgan fingerprint density at radius 1 is 1.22 bits per heavy atom. The van der Waals surface area contributed by atoms with Crippen molar-refractivity contribution in [1.29, 1.82) is 0 Å². The number of aromatic nitrogens is 3. The molecule has 0 unspecified atom stereocenters. The van der Waals surface area contributed by atoms with Crippen molar-refractivity contribution in [3.8, 4) is 16.6 Å². The van der Waals surface area contributed by atoms with E-state index in [1.807, 2.05) is 13.0 Å². The molecule has 0 saturated carbocycles. The Kier molecular flexibility index (Phi) is 5.11. The monoisotopic (exact) mass is 380 g/mol. The molecule has 1 aromatic carbocycles. The van der Waals surface area contributed by atoms with E-state index in [0.717, 1.165) is 18.6 Å². The largest absolute Gasteiger partial charge is 0.492 e. The van der Waals surface area contributed by atoms with Crippen LogP contribution >= 0.6 is 11.3 Å². The van der Waals surface area contributed by atoms with Crippen LogP contribution in [0.2, 0.25) is 0 Å². The highest BCUT2D eigenvalue weighted by Crippen LogP contribution is 2.26. The van der Waals surface area contributed by atoms with Gasteiger partial charge in [-0.05, 0) is 55.5 Å². The Bertz CT molecular complexity index is 956. The number of nitrogens with one attached hydrogen (secondary N) is 1. The number of fused-ring (bicyclic) bond motifs is 1. The molecule has 138 valence electrons.